The van der Waals surface area contributed by atoms with E-state index in [0.717, 1.165) is 22.2 Å². The summed E-state index contributed by atoms with van der Waals surface area (Å²) in [5.41, 5.74) is 11.2. The van der Waals surface area contributed by atoms with Crippen molar-refractivity contribution < 1.29 is 18.8 Å². The number of hydrogen-bond donors (Lipinski definition) is 1. The summed E-state index contributed by atoms with van der Waals surface area (Å²) >= 11 is 0. The van der Waals surface area contributed by atoms with Gasteiger partial charge in [0.25, 0.3) is 0 Å². The van der Waals surface area contributed by atoms with Crippen molar-refractivity contribution in [3.8, 4) is 22.6 Å². The van der Waals surface area contributed by atoms with Gasteiger partial charge in [0.2, 0.25) is 0 Å². The SMILES string of the molecule is Cc1c(CNC(=O)OCC2c3ccccc3-c3ccccc32)cc(C#C[Si](C)(C)C)cc1B1OC(C)(C)C(C)(C)O1. The van der Waals surface area contributed by atoms with E-state index in [9.17, 15) is 4.79 Å². The molecular weight excluding hydrogens is 525 g/mol. The Kier molecular flexibility index (Phi) is 7.71. The summed E-state index contributed by atoms with van der Waals surface area (Å²) in [4.78, 5) is 13.0. The Hall–Kier alpha value is -3.31. The largest absolute Gasteiger partial charge is 0.495 e. The average molecular weight is 566 g/mol. The molecule has 0 atom stereocenters. The molecule has 1 amide bonds. The Bertz CT molecular complexity index is 1480. The number of ether oxygens (including phenoxy) is 1. The van der Waals surface area contributed by atoms with Gasteiger partial charge in [-0.25, -0.2) is 4.79 Å². The number of amides is 1. The highest BCUT2D eigenvalue weighted by Crippen LogP contribution is 2.44. The van der Waals surface area contributed by atoms with Crippen LogP contribution in [0.4, 0.5) is 4.79 Å². The van der Waals surface area contributed by atoms with Gasteiger partial charge in [0.1, 0.15) is 14.7 Å². The van der Waals surface area contributed by atoms with Gasteiger partial charge in [-0.1, -0.05) is 74.1 Å². The van der Waals surface area contributed by atoms with Gasteiger partial charge in [0.15, 0.2) is 0 Å². The first-order valence-corrected chi connectivity index (χ1v) is 17.9. The van der Waals surface area contributed by atoms with E-state index in [2.05, 4.69) is 101 Å². The van der Waals surface area contributed by atoms with Crippen molar-refractivity contribution >= 4 is 26.7 Å². The van der Waals surface area contributed by atoms with Crippen LogP contribution in [0.25, 0.3) is 11.1 Å². The quantitative estimate of drug-likeness (QED) is 0.281. The van der Waals surface area contributed by atoms with Crippen molar-refractivity contribution in [1.82, 2.24) is 5.32 Å². The van der Waals surface area contributed by atoms with Crippen LogP contribution in [0.2, 0.25) is 19.6 Å². The van der Waals surface area contributed by atoms with Crippen LogP contribution in [-0.4, -0.2) is 39.1 Å². The summed E-state index contributed by atoms with van der Waals surface area (Å²) in [6, 6.07) is 20.8. The van der Waals surface area contributed by atoms with E-state index in [1.807, 2.05) is 31.2 Å². The lowest BCUT2D eigenvalue weighted by molar-refractivity contribution is 0.00578. The molecule has 41 heavy (non-hydrogen) atoms. The summed E-state index contributed by atoms with van der Waals surface area (Å²) in [5, 5.41) is 2.98. The normalized spacial score (nSPS) is 16.9. The number of nitrogens with one attached hydrogen (secondary N) is 1. The zero-order chi connectivity index (χ0) is 29.6. The molecule has 0 bridgehead atoms. The average Bonchev–Trinajstić information content (AvgIpc) is 3.34. The van der Waals surface area contributed by atoms with Crippen molar-refractivity contribution in [2.24, 2.45) is 0 Å². The third-order valence-corrected chi connectivity index (χ3v) is 9.29. The lowest BCUT2D eigenvalue weighted by Gasteiger charge is -2.32. The predicted octanol–water partition coefficient (Wildman–Crippen LogP) is 6.56. The van der Waals surface area contributed by atoms with E-state index < -0.39 is 32.5 Å². The number of alkyl carbamates (subject to hydrolysis) is 1. The zero-order valence-corrected chi connectivity index (χ0v) is 26.5. The third-order valence-electron chi connectivity index (χ3n) is 8.41. The molecule has 1 aliphatic heterocycles. The molecule has 1 N–H and O–H groups in total. The second kappa shape index (κ2) is 10.8. The second-order valence-corrected chi connectivity index (χ2v) is 17.9. The Morgan fingerprint density at radius 3 is 2.07 bits per heavy atom. The molecular formula is C34H40BNO4Si. The monoisotopic (exact) mass is 565 g/mol. The first kappa shape index (κ1) is 29.2. The number of carbonyl (C=O) groups excluding carboxylic acids is 1. The van der Waals surface area contributed by atoms with E-state index in [1.165, 1.54) is 22.3 Å². The molecule has 1 saturated heterocycles. The standard InChI is InChI=1S/C34H40BNO4Si/c1-23-25(19-24(17-18-41(6,7)8)20-31(23)35-39-33(2,3)34(4,5)40-35)21-36-32(37)38-22-30-28-15-11-9-13-26(28)27-14-10-12-16-29(27)30/h9-16,19-20,30H,21-22H2,1-8H3,(H,36,37). The van der Waals surface area contributed by atoms with Gasteiger partial charge in [0, 0.05) is 18.0 Å². The Balaban J connectivity index is 1.34. The molecule has 0 saturated carbocycles. The summed E-state index contributed by atoms with van der Waals surface area (Å²) in [5.74, 6) is 3.40. The molecule has 1 heterocycles. The van der Waals surface area contributed by atoms with E-state index >= 15 is 0 Å². The first-order chi connectivity index (χ1) is 19.3. The molecule has 3 aromatic carbocycles. The van der Waals surface area contributed by atoms with E-state index in [4.69, 9.17) is 14.0 Å². The van der Waals surface area contributed by atoms with Crippen molar-refractivity contribution in [3.63, 3.8) is 0 Å². The number of benzene rings is 3. The highest BCUT2D eigenvalue weighted by molar-refractivity contribution is 6.83. The smallest absolute Gasteiger partial charge is 0.449 e. The molecule has 0 unspecified atom stereocenters. The van der Waals surface area contributed by atoms with Gasteiger partial charge in [0.05, 0.1) is 11.2 Å². The van der Waals surface area contributed by atoms with Crippen molar-refractivity contribution in [2.75, 3.05) is 6.61 Å². The zero-order valence-electron chi connectivity index (χ0n) is 25.5. The maximum absolute atomic E-state index is 13.0. The van der Waals surface area contributed by atoms with Crippen LogP contribution < -0.4 is 10.8 Å². The number of hydrogen-bond acceptors (Lipinski definition) is 4. The Morgan fingerprint density at radius 2 is 1.51 bits per heavy atom. The number of rotatable bonds is 5. The maximum atomic E-state index is 13.0. The van der Waals surface area contributed by atoms with Crippen LogP contribution in [0.1, 0.15) is 61.4 Å². The van der Waals surface area contributed by atoms with Gasteiger partial charge in [-0.15, -0.1) is 5.54 Å². The number of carbonyl (C=O) groups is 1. The first-order valence-electron chi connectivity index (χ1n) is 14.4. The van der Waals surface area contributed by atoms with E-state index in [-0.39, 0.29) is 12.5 Å². The molecule has 1 aliphatic carbocycles. The van der Waals surface area contributed by atoms with E-state index in [0.29, 0.717) is 6.54 Å². The second-order valence-electron chi connectivity index (χ2n) is 13.1. The maximum Gasteiger partial charge on any atom is 0.495 e. The fourth-order valence-electron chi connectivity index (χ4n) is 5.35. The summed E-state index contributed by atoms with van der Waals surface area (Å²) < 4.78 is 18.6. The van der Waals surface area contributed by atoms with E-state index in [1.54, 1.807) is 0 Å². The van der Waals surface area contributed by atoms with Gasteiger partial charge < -0.3 is 19.4 Å². The molecule has 3 aromatic rings. The summed E-state index contributed by atoms with van der Waals surface area (Å²) in [6.07, 6.45) is -0.443. The highest BCUT2D eigenvalue weighted by Gasteiger charge is 2.52. The van der Waals surface area contributed by atoms with Crippen LogP contribution in [-0.2, 0) is 20.6 Å². The van der Waals surface area contributed by atoms with Crippen LogP contribution in [0.5, 0.6) is 0 Å². The van der Waals surface area contributed by atoms with Crippen molar-refractivity contribution in [3.05, 3.63) is 88.5 Å². The van der Waals surface area contributed by atoms with Gasteiger partial charge in [-0.2, -0.15) is 0 Å². The van der Waals surface area contributed by atoms with Crippen LogP contribution in [0.15, 0.2) is 60.7 Å². The molecule has 5 nitrogen and oxygen atoms in total. The molecule has 0 radical (unpaired) electrons. The minimum Gasteiger partial charge on any atom is -0.449 e. The lowest BCUT2D eigenvalue weighted by Crippen LogP contribution is -2.41. The Labute approximate surface area is 246 Å². The molecule has 2 aliphatic rings. The third kappa shape index (κ3) is 6.01. The molecule has 7 heteroatoms. The van der Waals surface area contributed by atoms with Gasteiger partial charge >= 0.3 is 13.2 Å². The topological polar surface area (TPSA) is 56.8 Å². The van der Waals surface area contributed by atoms with Crippen LogP contribution >= 0.6 is 0 Å². The lowest BCUT2D eigenvalue weighted by atomic mass is 9.74. The fraction of sp³-hybridized carbons (Fsp3) is 0.382. The minimum atomic E-state index is -1.59. The highest BCUT2D eigenvalue weighted by atomic mass is 28.3. The summed E-state index contributed by atoms with van der Waals surface area (Å²) in [7, 11) is -2.10. The summed E-state index contributed by atoms with van der Waals surface area (Å²) in [6.45, 7) is 17.5. The Morgan fingerprint density at radius 1 is 0.951 bits per heavy atom. The predicted molar refractivity (Wildman–Crippen MR) is 169 cm³/mol. The van der Waals surface area contributed by atoms with Crippen molar-refractivity contribution in [1.29, 1.82) is 0 Å². The molecule has 0 spiro atoms. The number of fused-ring (bicyclic) bond motifs is 3. The minimum absolute atomic E-state index is 0.0185. The van der Waals surface area contributed by atoms with Gasteiger partial charge in [-0.3, -0.25) is 0 Å². The van der Waals surface area contributed by atoms with Gasteiger partial charge in [-0.05, 0) is 85.6 Å². The van der Waals surface area contributed by atoms with Crippen molar-refractivity contribution in [2.45, 2.75) is 77.9 Å². The fourth-order valence-corrected chi connectivity index (χ4v) is 5.87. The van der Waals surface area contributed by atoms with Crippen LogP contribution in [0, 0.1) is 18.4 Å². The molecule has 212 valence electrons. The molecule has 1 fully saturated rings. The van der Waals surface area contributed by atoms with Crippen LogP contribution in [0.3, 0.4) is 0 Å². The molecule has 0 aromatic heterocycles. The molecule has 5 rings (SSSR count).